The van der Waals surface area contributed by atoms with Crippen LogP contribution in [0, 0.1) is 17.8 Å². The van der Waals surface area contributed by atoms with Gasteiger partial charge in [-0.25, -0.2) is 4.79 Å². The molecule has 0 N–H and O–H groups in total. The minimum Gasteiger partial charge on any atom is -0.463 e. The van der Waals surface area contributed by atoms with Crippen LogP contribution in [-0.4, -0.2) is 79.4 Å². The van der Waals surface area contributed by atoms with E-state index in [0.29, 0.717) is 30.4 Å². The van der Waals surface area contributed by atoms with Crippen molar-refractivity contribution in [2.45, 2.75) is 89.9 Å². The summed E-state index contributed by atoms with van der Waals surface area (Å²) in [5.41, 5.74) is 2.05. The van der Waals surface area contributed by atoms with Crippen molar-refractivity contribution in [2.75, 3.05) is 6.61 Å². The van der Waals surface area contributed by atoms with Gasteiger partial charge in [-0.05, 0) is 30.8 Å². The van der Waals surface area contributed by atoms with Gasteiger partial charge in [-0.2, -0.15) is 0 Å². The molecule has 0 aromatic heterocycles. The third-order valence-electron chi connectivity index (χ3n) is 7.99. The number of carbonyl (C=O) groups is 5. The fourth-order valence-electron chi connectivity index (χ4n) is 6.28. The number of hydrogen-bond acceptors (Lipinski definition) is 12. The van der Waals surface area contributed by atoms with Crippen molar-refractivity contribution in [2.24, 2.45) is 17.8 Å². The van der Waals surface area contributed by atoms with Crippen LogP contribution in [0.15, 0.2) is 36.5 Å². The third kappa shape index (κ3) is 6.38. The summed E-state index contributed by atoms with van der Waals surface area (Å²) < 4.78 is 39.8. The standard InChI is InChI=1S/C29H36O12/c1-12-8-9-19-13(2)28(34)41-24(19)23-14(3)21(10-20(12)23)39-29-27(38-18(7)33)26(37-17(6)32)25(36-16(5)31)22(40-29)11-35-15(4)30/h19-27,29H,1-3,8-11H2,4-7H3/t19-,20-,21-,22+,23-,24-,25+,26-,27+,29+/m0/s1. The van der Waals surface area contributed by atoms with Crippen molar-refractivity contribution in [3.63, 3.8) is 0 Å². The average Bonchev–Trinajstić information content (AvgIpc) is 3.29. The number of carbonyl (C=O) groups excluding carboxylic acids is 5. The molecule has 41 heavy (non-hydrogen) atoms. The summed E-state index contributed by atoms with van der Waals surface area (Å²) in [6.45, 7) is 16.8. The van der Waals surface area contributed by atoms with Gasteiger partial charge in [0.15, 0.2) is 24.6 Å². The second-order valence-electron chi connectivity index (χ2n) is 10.8. The number of rotatable bonds is 7. The molecule has 0 aromatic rings. The van der Waals surface area contributed by atoms with E-state index in [1.807, 2.05) is 0 Å². The van der Waals surface area contributed by atoms with Crippen LogP contribution in [0.1, 0.15) is 47.0 Å². The summed E-state index contributed by atoms with van der Waals surface area (Å²) in [5.74, 6) is -3.81. The van der Waals surface area contributed by atoms with Crippen LogP contribution in [0.4, 0.5) is 0 Å². The molecule has 4 fully saturated rings. The molecule has 2 aliphatic heterocycles. The molecular weight excluding hydrogens is 540 g/mol. The first-order valence-electron chi connectivity index (χ1n) is 13.5. The van der Waals surface area contributed by atoms with E-state index in [1.165, 1.54) is 6.92 Å². The second-order valence-corrected chi connectivity index (χ2v) is 10.8. The molecule has 2 aliphatic carbocycles. The molecule has 0 amide bonds. The van der Waals surface area contributed by atoms with Crippen molar-refractivity contribution in [3.8, 4) is 0 Å². The van der Waals surface area contributed by atoms with Crippen molar-refractivity contribution < 1.29 is 57.1 Å². The molecule has 4 rings (SSSR count). The van der Waals surface area contributed by atoms with E-state index in [9.17, 15) is 24.0 Å². The molecule has 2 saturated carbocycles. The zero-order chi connectivity index (χ0) is 30.2. The van der Waals surface area contributed by atoms with Gasteiger partial charge in [0.05, 0.1) is 6.10 Å². The van der Waals surface area contributed by atoms with Crippen LogP contribution in [0.5, 0.6) is 0 Å². The van der Waals surface area contributed by atoms with Crippen LogP contribution in [0.3, 0.4) is 0 Å². The van der Waals surface area contributed by atoms with Gasteiger partial charge in [-0.1, -0.05) is 25.3 Å². The Hall–Kier alpha value is -3.51. The summed E-state index contributed by atoms with van der Waals surface area (Å²) in [6, 6.07) is 0. The highest BCUT2D eigenvalue weighted by atomic mass is 16.7. The zero-order valence-electron chi connectivity index (χ0n) is 23.6. The van der Waals surface area contributed by atoms with E-state index in [1.54, 1.807) is 0 Å². The predicted octanol–water partition coefficient (Wildman–Crippen LogP) is 2.09. The molecule has 224 valence electrons. The molecule has 10 atom stereocenters. The van der Waals surface area contributed by atoms with Crippen molar-refractivity contribution in [3.05, 3.63) is 36.5 Å². The maximum Gasteiger partial charge on any atom is 0.334 e. The van der Waals surface area contributed by atoms with Crippen LogP contribution in [0.25, 0.3) is 0 Å². The predicted molar refractivity (Wildman–Crippen MR) is 138 cm³/mol. The average molecular weight is 577 g/mol. The smallest absolute Gasteiger partial charge is 0.334 e. The lowest BCUT2D eigenvalue weighted by Crippen LogP contribution is -2.63. The van der Waals surface area contributed by atoms with E-state index in [2.05, 4.69) is 19.7 Å². The van der Waals surface area contributed by atoms with Crippen molar-refractivity contribution in [1.82, 2.24) is 0 Å². The maximum atomic E-state index is 12.4. The highest BCUT2D eigenvalue weighted by molar-refractivity contribution is 5.91. The SMILES string of the molecule is C=C1[C@@H]2[C@H]3OC(=O)C(=C)[C@@H]3CCC(=C)[C@@H]2C[C@@H]1O[C@@H]1O[C@H](COC(C)=O)[C@@H](OC(C)=O)[C@H](OC(C)=O)[C@H]1OC(C)=O. The first-order valence-corrected chi connectivity index (χ1v) is 13.5. The lowest BCUT2D eigenvalue weighted by atomic mass is 9.82. The van der Waals surface area contributed by atoms with E-state index in [0.717, 1.165) is 26.3 Å². The Morgan fingerprint density at radius 1 is 0.854 bits per heavy atom. The molecule has 12 nitrogen and oxygen atoms in total. The van der Waals surface area contributed by atoms with Crippen LogP contribution in [0.2, 0.25) is 0 Å². The van der Waals surface area contributed by atoms with Gasteiger partial charge in [0.1, 0.15) is 18.8 Å². The minimum absolute atomic E-state index is 0.105. The third-order valence-corrected chi connectivity index (χ3v) is 7.99. The minimum atomic E-state index is -1.35. The Balaban J connectivity index is 1.65. The van der Waals surface area contributed by atoms with E-state index in [4.69, 9.17) is 33.2 Å². The summed E-state index contributed by atoms with van der Waals surface area (Å²) >= 11 is 0. The molecule has 0 aromatic carbocycles. The largest absolute Gasteiger partial charge is 0.463 e. The normalized spacial score (nSPS) is 36.4. The van der Waals surface area contributed by atoms with Crippen LogP contribution in [-0.2, 0) is 57.1 Å². The fourth-order valence-corrected chi connectivity index (χ4v) is 6.28. The van der Waals surface area contributed by atoms with E-state index in [-0.39, 0.29) is 24.4 Å². The number of ether oxygens (including phenoxy) is 7. The van der Waals surface area contributed by atoms with Gasteiger partial charge in [0.25, 0.3) is 0 Å². The Labute approximate surface area is 237 Å². The van der Waals surface area contributed by atoms with Gasteiger partial charge < -0.3 is 33.2 Å². The molecule has 0 radical (unpaired) electrons. The molecule has 0 unspecified atom stereocenters. The highest BCUT2D eigenvalue weighted by Crippen LogP contribution is 2.53. The topological polar surface area (TPSA) is 150 Å². The summed E-state index contributed by atoms with van der Waals surface area (Å²) in [6.07, 6.45) is -5.79. The van der Waals surface area contributed by atoms with Gasteiger partial charge >= 0.3 is 29.8 Å². The molecule has 4 aliphatic rings. The Bertz CT molecular complexity index is 1160. The van der Waals surface area contributed by atoms with Gasteiger partial charge in [0.2, 0.25) is 0 Å². The molecule has 2 heterocycles. The zero-order valence-corrected chi connectivity index (χ0v) is 23.6. The van der Waals surface area contributed by atoms with Gasteiger partial charge in [0, 0.05) is 45.1 Å². The highest BCUT2D eigenvalue weighted by Gasteiger charge is 2.57. The molecule has 12 heteroatoms. The van der Waals surface area contributed by atoms with Gasteiger partial charge in [-0.15, -0.1) is 0 Å². The van der Waals surface area contributed by atoms with Crippen molar-refractivity contribution in [1.29, 1.82) is 0 Å². The second kappa shape index (κ2) is 12.2. The van der Waals surface area contributed by atoms with Crippen LogP contribution >= 0.6 is 0 Å². The number of fused-ring (bicyclic) bond motifs is 3. The van der Waals surface area contributed by atoms with Crippen molar-refractivity contribution >= 4 is 29.8 Å². The van der Waals surface area contributed by atoms with E-state index >= 15 is 0 Å². The quantitative estimate of drug-likeness (QED) is 0.189. The monoisotopic (exact) mass is 576 g/mol. The molecule has 0 spiro atoms. The molecule has 0 bridgehead atoms. The van der Waals surface area contributed by atoms with Crippen LogP contribution < -0.4 is 0 Å². The first-order chi connectivity index (χ1) is 19.3. The Morgan fingerprint density at radius 3 is 2.07 bits per heavy atom. The fraction of sp³-hybridized carbons (Fsp3) is 0.621. The number of allylic oxidation sites excluding steroid dienone is 1. The Kier molecular flexibility index (Phi) is 9.03. The number of hydrogen-bond donors (Lipinski definition) is 0. The molecule has 2 saturated heterocycles. The van der Waals surface area contributed by atoms with Gasteiger partial charge in [-0.3, -0.25) is 19.2 Å². The summed E-state index contributed by atoms with van der Waals surface area (Å²) in [7, 11) is 0. The summed E-state index contributed by atoms with van der Waals surface area (Å²) in [4.78, 5) is 60.2. The lowest BCUT2D eigenvalue weighted by molar-refractivity contribution is -0.314. The van der Waals surface area contributed by atoms with E-state index < -0.39 is 72.8 Å². The lowest BCUT2D eigenvalue weighted by Gasteiger charge is -2.44. The number of esters is 5. The summed E-state index contributed by atoms with van der Waals surface area (Å²) in [5, 5.41) is 0. The first kappa shape index (κ1) is 30.4. The maximum absolute atomic E-state index is 12.4. The Morgan fingerprint density at radius 2 is 1.46 bits per heavy atom. The molecular formula is C29H36O12.